The molecule has 1 amide bonds. The van der Waals surface area contributed by atoms with Crippen molar-refractivity contribution in [3.63, 3.8) is 0 Å². The van der Waals surface area contributed by atoms with Gasteiger partial charge in [0, 0.05) is 12.8 Å². The third kappa shape index (κ3) is 3.96. The molecule has 106 valence electrons. The van der Waals surface area contributed by atoms with Crippen LogP contribution < -0.4 is 0 Å². The smallest absolute Gasteiger partial charge is 0.429 e. The molecular weight excluding hydrogens is 250 g/mol. The van der Waals surface area contributed by atoms with E-state index < -0.39 is 18.3 Å². The minimum atomic E-state index is -1.06. The van der Waals surface area contributed by atoms with E-state index in [1.807, 2.05) is 0 Å². The van der Waals surface area contributed by atoms with Crippen molar-refractivity contribution in [1.29, 1.82) is 0 Å². The number of hydroxylamine groups is 2. The molecule has 6 nitrogen and oxygen atoms in total. The molecule has 19 heavy (non-hydrogen) atoms. The number of aliphatic hydroxyl groups is 1. The fraction of sp³-hybridized carbons (Fsp3) is 0.692. The molecule has 2 unspecified atom stereocenters. The van der Waals surface area contributed by atoms with Gasteiger partial charge >= 0.3 is 6.16 Å². The van der Waals surface area contributed by atoms with Gasteiger partial charge in [0.1, 0.15) is 6.10 Å². The van der Waals surface area contributed by atoms with Crippen LogP contribution in [0.25, 0.3) is 0 Å². The van der Waals surface area contributed by atoms with Gasteiger partial charge in [-0.3, -0.25) is 4.79 Å². The van der Waals surface area contributed by atoms with E-state index in [1.165, 1.54) is 0 Å². The number of carbonyl (C=O) groups excluding carboxylic acids is 2. The van der Waals surface area contributed by atoms with Crippen LogP contribution in [0.15, 0.2) is 12.2 Å². The Morgan fingerprint density at radius 1 is 1.26 bits per heavy atom. The highest BCUT2D eigenvalue weighted by atomic mass is 16.8. The van der Waals surface area contributed by atoms with E-state index in [2.05, 4.69) is 12.2 Å². The minimum absolute atomic E-state index is 0.183. The van der Waals surface area contributed by atoms with Gasteiger partial charge in [0.2, 0.25) is 0 Å². The molecule has 1 aliphatic heterocycles. The summed E-state index contributed by atoms with van der Waals surface area (Å²) >= 11 is 0. The van der Waals surface area contributed by atoms with Gasteiger partial charge in [-0.15, -0.1) is 5.06 Å². The van der Waals surface area contributed by atoms with Crippen molar-refractivity contribution in [3.05, 3.63) is 12.2 Å². The highest BCUT2D eigenvalue weighted by molar-refractivity contribution is 5.78. The van der Waals surface area contributed by atoms with Crippen LogP contribution in [-0.2, 0) is 14.4 Å². The summed E-state index contributed by atoms with van der Waals surface area (Å²) in [5, 5.41) is 10.2. The van der Waals surface area contributed by atoms with Crippen LogP contribution in [0.1, 0.15) is 44.9 Å². The van der Waals surface area contributed by atoms with E-state index in [0.29, 0.717) is 5.06 Å². The quantitative estimate of drug-likeness (QED) is 0.612. The third-order valence-electron chi connectivity index (χ3n) is 3.29. The number of hydrogen-bond donors (Lipinski definition) is 1. The Balaban J connectivity index is 1.80. The highest BCUT2D eigenvalue weighted by Crippen LogP contribution is 2.19. The van der Waals surface area contributed by atoms with Crippen molar-refractivity contribution in [3.8, 4) is 0 Å². The fourth-order valence-electron chi connectivity index (χ4n) is 2.24. The Kier molecular flexibility index (Phi) is 4.79. The van der Waals surface area contributed by atoms with Gasteiger partial charge in [-0.2, -0.15) is 0 Å². The maximum absolute atomic E-state index is 11.6. The minimum Gasteiger partial charge on any atom is -0.429 e. The first-order chi connectivity index (χ1) is 9.16. The molecule has 0 radical (unpaired) electrons. The molecule has 2 aliphatic rings. The SMILES string of the molecule is O=C(OC1CC/C=C/CCC1)ON1C(=O)CCC1O. The molecule has 1 aliphatic carbocycles. The first kappa shape index (κ1) is 13.9. The molecule has 2 atom stereocenters. The Morgan fingerprint density at radius 3 is 2.79 bits per heavy atom. The number of amides is 1. The van der Waals surface area contributed by atoms with Crippen LogP contribution in [0.4, 0.5) is 4.79 Å². The zero-order valence-electron chi connectivity index (χ0n) is 10.8. The molecule has 0 bridgehead atoms. The van der Waals surface area contributed by atoms with E-state index >= 15 is 0 Å². The molecule has 2 rings (SSSR count). The summed E-state index contributed by atoms with van der Waals surface area (Å²) in [6, 6.07) is 0. The number of hydrogen-bond acceptors (Lipinski definition) is 5. The van der Waals surface area contributed by atoms with E-state index in [-0.39, 0.29) is 18.9 Å². The summed E-state index contributed by atoms with van der Waals surface area (Å²) in [5.74, 6) is -0.398. The van der Waals surface area contributed by atoms with Gasteiger partial charge in [0.15, 0.2) is 6.23 Å². The van der Waals surface area contributed by atoms with Gasteiger partial charge in [-0.25, -0.2) is 4.79 Å². The fourth-order valence-corrected chi connectivity index (χ4v) is 2.24. The Morgan fingerprint density at radius 2 is 2.05 bits per heavy atom. The molecule has 1 N–H and O–H groups in total. The summed E-state index contributed by atoms with van der Waals surface area (Å²) in [6.45, 7) is 0. The molecule has 6 heteroatoms. The number of aliphatic hydroxyl groups excluding tert-OH is 1. The number of carbonyl (C=O) groups is 2. The largest absolute Gasteiger partial charge is 0.533 e. The van der Waals surface area contributed by atoms with Crippen molar-refractivity contribution < 1.29 is 24.3 Å². The maximum atomic E-state index is 11.6. The topological polar surface area (TPSA) is 76.1 Å². The van der Waals surface area contributed by atoms with Crippen molar-refractivity contribution >= 4 is 12.1 Å². The number of allylic oxidation sites excluding steroid dienone is 2. The first-order valence-electron chi connectivity index (χ1n) is 6.70. The molecule has 0 saturated carbocycles. The summed E-state index contributed by atoms with van der Waals surface area (Å²) in [5.41, 5.74) is 0. The second-order valence-electron chi connectivity index (χ2n) is 4.80. The second-order valence-corrected chi connectivity index (χ2v) is 4.80. The van der Waals surface area contributed by atoms with E-state index in [0.717, 1.165) is 32.1 Å². The number of rotatable bonds is 2. The second kappa shape index (κ2) is 6.56. The zero-order valence-corrected chi connectivity index (χ0v) is 10.8. The first-order valence-corrected chi connectivity index (χ1v) is 6.70. The van der Waals surface area contributed by atoms with Gasteiger partial charge in [-0.1, -0.05) is 12.2 Å². The molecule has 1 saturated heterocycles. The predicted molar refractivity (Wildman–Crippen MR) is 65.7 cm³/mol. The standard InChI is InChI=1S/C13H19NO5/c15-11-8-9-12(16)14(11)19-13(17)18-10-6-4-2-1-3-5-7-10/h1-2,10-11,15H,3-9H2/b2-1+. The van der Waals surface area contributed by atoms with Crippen molar-refractivity contribution in [2.45, 2.75) is 57.3 Å². The van der Waals surface area contributed by atoms with Gasteiger partial charge < -0.3 is 14.7 Å². The Bertz CT molecular complexity index is 368. The molecule has 1 heterocycles. The van der Waals surface area contributed by atoms with E-state index in [9.17, 15) is 14.7 Å². The summed E-state index contributed by atoms with van der Waals surface area (Å²) in [6.07, 6.45) is 6.86. The van der Waals surface area contributed by atoms with Gasteiger partial charge in [-0.05, 0) is 32.1 Å². The predicted octanol–water partition coefficient (Wildman–Crippen LogP) is 1.88. The zero-order chi connectivity index (χ0) is 13.7. The number of ether oxygens (including phenoxy) is 1. The van der Waals surface area contributed by atoms with Crippen LogP contribution in [-0.4, -0.2) is 34.6 Å². The van der Waals surface area contributed by atoms with Crippen LogP contribution >= 0.6 is 0 Å². The summed E-state index contributed by atoms with van der Waals surface area (Å²) in [7, 11) is 0. The molecule has 0 aromatic rings. The molecule has 0 aromatic heterocycles. The molecular formula is C13H19NO5. The van der Waals surface area contributed by atoms with E-state index in [1.54, 1.807) is 0 Å². The lowest BCUT2D eigenvalue weighted by Crippen LogP contribution is -2.36. The van der Waals surface area contributed by atoms with Crippen LogP contribution in [0.3, 0.4) is 0 Å². The van der Waals surface area contributed by atoms with Gasteiger partial charge in [0.05, 0.1) is 0 Å². The van der Waals surface area contributed by atoms with Crippen LogP contribution in [0.2, 0.25) is 0 Å². The Labute approximate surface area is 111 Å². The normalized spacial score (nSPS) is 29.5. The summed E-state index contributed by atoms with van der Waals surface area (Å²) in [4.78, 5) is 27.7. The lowest BCUT2D eigenvalue weighted by atomic mass is 10.0. The van der Waals surface area contributed by atoms with Crippen molar-refractivity contribution in [2.75, 3.05) is 0 Å². The van der Waals surface area contributed by atoms with Crippen LogP contribution in [0, 0.1) is 0 Å². The molecule has 0 aromatic carbocycles. The average Bonchev–Trinajstić information content (AvgIpc) is 2.64. The van der Waals surface area contributed by atoms with Crippen LogP contribution in [0.5, 0.6) is 0 Å². The lowest BCUT2D eigenvalue weighted by molar-refractivity contribution is -0.201. The monoisotopic (exact) mass is 269 g/mol. The lowest BCUT2D eigenvalue weighted by Gasteiger charge is -2.21. The highest BCUT2D eigenvalue weighted by Gasteiger charge is 2.34. The number of nitrogens with zero attached hydrogens (tertiary/aromatic N) is 1. The van der Waals surface area contributed by atoms with Crippen molar-refractivity contribution in [2.24, 2.45) is 0 Å². The summed E-state index contributed by atoms with van der Waals surface area (Å²) < 4.78 is 5.19. The van der Waals surface area contributed by atoms with E-state index in [4.69, 9.17) is 9.57 Å². The Hall–Kier alpha value is -1.56. The maximum Gasteiger partial charge on any atom is 0.533 e. The molecule has 1 fully saturated rings. The average molecular weight is 269 g/mol. The van der Waals surface area contributed by atoms with Crippen molar-refractivity contribution in [1.82, 2.24) is 5.06 Å². The molecule has 0 spiro atoms. The van der Waals surface area contributed by atoms with Gasteiger partial charge in [0.25, 0.3) is 5.91 Å². The third-order valence-corrected chi connectivity index (χ3v) is 3.29.